The lowest BCUT2D eigenvalue weighted by Crippen LogP contribution is -2.57. The van der Waals surface area contributed by atoms with Crippen LogP contribution < -0.4 is 5.73 Å². The van der Waals surface area contributed by atoms with Crippen LogP contribution in [0.2, 0.25) is 0 Å². The highest BCUT2D eigenvalue weighted by Crippen LogP contribution is 2.31. The Labute approximate surface area is 106 Å². The Bertz CT molecular complexity index is 249. The van der Waals surface area contributed by atoms with Gasteiger partial charge in [-0.1, -0.05) is 19.8 Å². The molecule has 2 aliphatic rings. The predicted octanol–water partition coefficient (Wildman–Crippen LogP) is 2.00. The molecule has 4 unspecified atom stereocenters. The fraction of sp³-hybridized carbons (Fsp3) is 1.00. The Morgan fingerprint density at radius 2 is 1.88 bits per heavy atom. The van der Waals surface area contributed by atoms with Crippen molar-refractivity contribution in [2.45, 2.75) is 64.2 Å². The van der Waals surface area contributed by atoms with Crippen LogP contribution in [-0.2, 0) is 4.74 Å². The number of rotatable bonds is 2. The molecule has 1 saturated carbocycles. The molecule has 0 radical (unpaired) electrons. The summed E-state index contributed by atoms with van der Waals surface area (Å²) >= 11 is 0. The van der Waals surface area contributed by atoms with Crippen molar-refractivity contribution in [1.29, 1.82) is 0 Å². The van der Waals surface area contributed by atoms with Crippen molar-refractivity contribution in [2.75, 3.05) is 19.6 Å². The predicted molar refractivity (Wildman–Crippen MR) is 71.0 cm³/mol. The number of hydrogen-bond acceptors (Lipinski definition) is 3. The summed E-state index contributed by atoms with van der Waals surface area (Å²) in [5.74, 6) is 0.796. The fourth-order valence-corrected chi connectivity index (χ4v) is 3.70. The zero-order valence-electron chi connectivity index (χ0n) is 11.6. The van der Waals surface area contributed by atoms with Crippen molar-refractivity contribution in [3.8, 4) is 0 Å². The van der Waals surface area contributed by atoms with Gasteiger partial charge in [0.05, 0.1) is 12.2 Å². The first-order valence-corrected chi connectivity index (χ1v) is 7.13. The SMILES string of the molecule is CC1CCCC(N)(CN2CC(C)OC(C)C2)C1. The minimum absolute atomic E-state index is 0.0500. The number of nitrogens with zero attached hydrogens (tertiary/aromatic N) is 1. The minimum Gasteiger partial charge on any atom is -0.373 e. The molecule has 2 N–H and O–H groups in total. The number of hydrogen-bond donors (Lipinski definition) is 1. The summed E-state index contributed by atoms with van der Waals surface area (Å²) in [5, 5.41) is 0. The fourth-order valence-electron chi connectivity index (χ4n) is 3.70. The second kappa shape index (κ2) is 5.25. The molecule has 1 aliphatic carbocycles. The summed E-state index contributed by atoms with van der Waals surface area (Å²) in [7, 11) is 0. The Morgan fingerprint density at radius 1 is 1.24 bits per heavy atom. The molecule has 100 valence electrons. The molecule has 3 heteroatoms. The van der Waals surface area contributed by atoms with Gasteiger partial charge in [0.2, 0.25) is 0 Å². The van der Waals surface area contributed by atoms with E-state index in [0.29, 0.717) is 12.2 Å². The summed E-state index contributed by atoms with van der Waals surface area (Å²) in [6, 6.07) is 0. The third-order valence-electron chi connectivity index (χ3n) is 4.16. The van der Waals surface area contributed by atoms with Crippen LogP contribution in [0.15, 0.2) is 0 Å². The van der Waals surface area contributed by atoms with Crippen molar-refractivity contribution in [1.82, 2.24) is 4.90 Å². The van der Waals surface area contributed by atoms with E-state index in [1.54, 1.807) is 0 Å². The van der Waals surface area contributed by atoms with Gasteiger partial charge in [-0.2, -0.15) is 0 Å². The van der Waals surface area contributed by atoms with Gasteiger partial charge in [-0.05, 0) is 32.6 Å². The van der Waals surface area contributed by atoms with Gasteiger partial charge in [0, 0.05) is 25.2 Å². The molecule has 17 heavy (non-hydrogen) atoms. The lowest BCUT2D eigenvalue weighted by atomic mass is 9.76. The first-order chi connectivity index (χ1) is 7.97. The molecule has 0 aromatic carbocycles. The van der Waals surface area contributed by atoms with Crippen LogP contribution in [0, 0.1) is 5.92 Å². The molecular weight excluding hydrogens is 212 g/mol. The molecule has 3 nitrogen and oxygen atoms in total. The van der Waals surface area contributed by atoms with Crippen molar-refractivity contribution in [3.05, 3.63) is 0 Å². The highest BCUT2D eigenvalue weighted by molar-refractivity contribution is 4.93. The minimum atomic E-state index is 0.0500. The lowest BCUT2D eigenvalue weighted by Gasteiger charge is -2.43. The highest BCUT2D eigenvalue weighted by Gasteiger charge is 2.34. The molecular formula is C14H28N2O. The van der Waals surface area contributed by atoms with Gasteiger partial charge in [0.1, 0.15) is 0 Å². The molecule has 1 heterocycles. The van der Waals surface area contributed by atoms with E-state index < -0.39 is 0 Å². The van der Waals surface area contributed by atoms with E-state index in [1.165, 1.54) is 25.7 Å². The second-order valence-corrected chi connectivity index (χ2v) is 6.52. The van der Waals surface area contributed by atoms with Crippen LogP contribution in [-0.4, -0.2) is 42.3 Å². The van der Waals surface area contributed by atoms with Crippen LogP contribution in [0.4, 0.5) is 0 Å². The monoisotopic (exact) mass is 240 g/mol. The molecule has 1 aliphatic heterocycles. The molecule has 0 aromatic heterocycles. The average Bonchev–Trinajstić information content (AvgIpc) is 2.13. The van der Waals surface area contributed by atoms with Crippen molar-refractivity contribution in [2.24, 2.45) is 11.7 Å². The molecule has 4 atom stereocenters. The first-order valence-electron chi connectivity index (χ1n) is 7.13. The molecule has 0 aromatic rings. The molecule has 2 rings (SSSR count). The van der Waals surface area contributed by atoms with Crippen molar-refractivity contribution < 1.29 is 4.74 Å². The first kappa shape index (κ1) is 13.3. The second-order valence-electron chi connectivity index (χ2n) is 6.52. The summed E-state index contributed by atoms with van der Waals surface area (Å²) in [6.45, 7) is 9.79. The Hall–Kier alpha value is -0.120. The van der Waals surface area contributed by atoms with Gasteiger partial charge in [-0.15, -0.1) is 0 Å². The Morgan fingerprint density at radius 3 is 2.47 bits per heavy atom. The lowest BCUT2D eigenvalue weighted by molar-refractivity contribution is -0.0747. The van der Waals surface area contributed by atoms with Crippen LogP contribution in [0.5, 0.6) is 0 Å². The zero-order chi connectivity index (χ0) is 12.5. The number of morpholine rings is 1. The van der Waals surface area contributed by atoms with Gasteiger partial charge in [-0.3, -0.25) is 4.90 Å². The summed E-state index contributed by atoms with van der Waals surface area (Å²) in [6.07, 6.45) is 5.73. The number of nitrogens with two attached hydrogens (primary N) is 1. The van der Waals surface area contributed by atoms with Gasteiger partial charge in [-0.25, -0.2) is 0 Å². The van der Waals surface area contributed by atoms with Gasteiger partial charge >= 0.3 is 0 Å². The van der Waals surface area contributed by atoms with E-state index in [2.05, 4.69) is 25.7 Å². The maximum atomic E-state index is 6.59. The third kappa shape index (κ3) is 3.67. The zero-order valence-corrected chi connectivity index (χ0v) is 11.6. The smallest absolute Gasteiger partial charge is 0.0678 e. The van der Waals surface area contributed by atoms with Gasteiger partial charge in [0.25, 0.3) is 0 Å². The Kier molecular flexibility index (Phi) is 4.11. The van der Waals surface area contributed by atoms with E-state index in [-0.39, 0.29) is 5.54 Å². The van der Waals surface area contributed by atoms with Gasteiger partial charge < -0.3 is 10.5 Å². The normalized spacial score (nSPS) is 44.8. The average molecular weight is 240 g/mol. The standard InChI is InChI=1S/C14H28N2O/c1-11-5-4-6-14(15,7-11)10-16-8-12(2)17-13(3)9-16/h11-13H,4-10,15H2,1-3H3. The number of ether oxygens (including phenoxy) is 1. The van der Waals surface area contributed by atoms with Crippen LogP contribution in [0.25, 0.3) is 0 Å². The summed E-state index contributed by atoms with van der Waals surface area (Å²) < 4.78 is 5.78. The topological polar surface area (TPSA) is 38.5 Å². The molecule has 0 bridgehead atoms. The largest absolute Gasteiger partial charge is 0.373 e. The van der Waals surface area contributed by atoms with E-state index in [0.717, 1.165) is 25.6 Å². The summed E-state index contributed by atoms with van der Waals surface area (Å²) in [5.41, 5.74) is 6.64. The van der Waals surface area contributed by atoms with Crippen molar-refractivity contribution in [3.63, 3.8) is 0 Å². The van der Waals surface area contributed by atoms with E-state index in [9.17, 15) is 0 Å². The van der Waals surface area contributed by atoms with E-state index in [1.807, 2.05) is 0 Å². The third-order valence-corrected chi connectivity index (χ3v) is 4.16. The maximum absolute atomic E-state index is 6.59. The molecule has 1 saturated heterocycles. The Balaban J connectivity index is 1.90. The van der Waals surface area contributed by atoms with Gasteiger partial charge in [0.15, 0.2) is 0 Å². The van der Waals surface area contributed by atoms with Crippen LogP contribution in [0.1, 0.15) is 46.5 Å². The molecule has 0 spiro atoms. The highest BCUT2D eigenvalue weighted by atomic mass is 16.5. The van der Waals surface area contributed by atoms with Crippen molar-refractivity contribution >= 4 is 0 Å². The van der Waals surface area contributed by atoms with E-state index >= 15 is 0 Å². The summed E-state index contributed by atoms with van der Waals surface area (Å²) in [4.78, 5) is 2.51. The maximum Gasteiger partial charge on any atom is 0.0678 e. The molecule has 2 fully saturated rings. The van der Waals surface area contributed by atoms with Crippen LogP contribution >= 0.6 is 0 Å². The molecule has 0 amide bonds. The van der Waals surface area contributed by atoms with Crippen LogP contribution in [0.3, 0.4) is 0 Å². The van der Waals surface area contributed by atoms with E-state index in [4.69, 9.17) is 10.5 Å². The quantitative estimate of drug-likeness (QED) is 0.802.